The molecule has 2 nitrogen and oxygen atoms in total. The second-order valence-corrected chi connectivity index (χ2v) is 8.56. The summed E-state index contributed by atoms with van der Waals surface area (Å²) in [5.74, 6) is 0. The molecule has 0 aromatic heterocycles. The summed E-state index contributed by atoms with van der Waals surface area (Å²) < 4.78 is 0. The average molecular weight is 228 g/mol. The molecule has 1 heterocycles. The lowest BCUT2D eigenvalue weighted by molar-refractivity contribution is 0.296. The van der Waals surface area contributed by atoms with Crippen LogP contribution in [0.1, 0.15) is 55.4 Å². The molecule has 2 atom stereocenters. The first-order valence-corrected chi connectivity index (χ1v) is 6.37. The van der Waals surface area contributed by atoms with E-state index < -0.39 is 0 Å². The van der Waals surface area contributed by atoms with Gasteiger partial charge >= 0.3 is 0 Å². The normalized spacial score (nSPS) is 37.3. The Morgan fingerprint density at radius 2 is 1.00 bits per heavy atom. The first kappa shape index (κ1) is 13.0. The molecule has 0 aliphatic carbocycles. The topological polar surface area (TPSA) is 24.7 Å². The van der Waals surface area contributed by atoms with E-state index in [4.69, 9.17) is 0 Å². The van der Waals surface area contributed by atoms with Crippen LogP contribution in [0.15, 0.2) is 10.2 Å². The van der Waals surface area contributed by atoms with E-state index in [2.05, 4.69) is 65.6 Å². The number of azo groups is 1. The Morgan fingerprint density at radius 3 is 1.13 bits per heavy atom. The van der Waals surface area contributed by atoms with Gasteiger partial charge in [-0.3, -0.25) is 0 Å². The zero-order chi connectivity index (χ0) is 12.1. The number of hydrogen-bond acceptors (Lipinski definition) is 3. The van der Waals surface area contributed by atoms with Crippen LogP contribution in [0, 0.1) is 10.8 Å². The molecule has 0 aromatic rings. The highest BCUT2D eigenvalue weighted by molar-refractivity contribution is 8.02. The van der Waals surface area contributed by atoms with Crippen molar-refractivity contribution in [3.8, 4) is 0 Å². The Kier molecular flexibility index (Phi) is 2.80. The summed E-state index contributed by atoms with van der Waals surface area (Å²) in [5, 5.41) is 9.09. The minimum absolute atomic E-state index is 0.102. The molecule has 0 aromatic carbocycles. The highest BCUT2D eigenvalue weighted by Gasteiger charge is 2.53. The van der Waals surface area contributed by atoms with Crippen LogP contribution in [0.3, 0.4) is 0 Å². The first-order valence-electron chi connectivity index (χ1n) is 5.56. The van der Waals surface area contributed by atoms with Crippen molar-refractivity contribution in [3.05, 3.63) is 0 Å². The summed E-state index contributed by atoms with van der Waals surface area (Å²) in [6.07, 6.45) is 0. The molecule has 1 aliphatic rings. The molecule has 0 fully saturated rings. The molecule has 0 N–H and O–H groups in total. The van der Waals surface area contributed by atoms with E-state index in [1.54, 1.807) is 0 Å². The van der Waals surface area contributed by atoms with Gasteiger partial charge in [-0.25, -0.2) is 0 Å². The number of hydrogen-bond donors (Lipinski definition) is 0. The van der Waals surface area contributed by atoms with Crippen LogP contribution in [-0.2, 0) is 0 Å². The average Bonchev–Trinajstić information content (AvgIpc) is 2.26. The fourth-order valence-corrected chi connectivity index (χ4v) is 2.77. The lowest BCUT2D eigenvalue weighted by atomic mass is 9.88. The molecule has 0 bridgehead atoms. The largest absolute Gasteiger partial charge is 0.175 e. The molecule has 88 valence electrons. The van der Waals surface area contributed by atoms with Gasteiger partial charge in [-0.15, -0.1) is 0 Å². The summed E-state index contributed by atoms with van der Waals surface area (Å²) in [4.78, 5) is -0.204. The highest BCUT2D eigenvalue weighted by Crippen LogP contribution is 2.59. The molecule has 0 spiro atoms. The van der Waals surface area contributed by atoms with Crippen LogP contribution >= 0.6 is 11.8 Å². The van der Waals surface area contributed by atoms with Crippen LogP contribution < -0.4 is 0 Å². The van der Waals surface area contributed by atoms with E-state index in [-0.39, 0.29) is 20.6 Å². The van der Waals surface area contributed by atoms with Gasteiger partial charge in [-0.05, 0) is 24.7 Å². The van der Waals surface area contributed by atoms with Gasteiger partial charge in [-0.1, -0.05) is 53.3 Å². The van der Waals surface area contributed by atoms with E-state index in [1.807, 2.05) is 11.8 Å². The molecule has 0 saturated carbocycles. The molecule has 1 rings (SSSR count). The lowest BCUT2D eigenvalue weighted by Crippen LogP contribution is -2.39. The van der Waals surface area contributed by atoms with E-state index in [0.29, 0.717) is 0 Å². The summed E-state index contributed by atoms with van der Waals surface area (Å²) in [6, 6.07) is 0. The van der Waals surface area contributed by atoms with Gasteiger partial charge in [0.15, 0.2) is 0 Å². The molecule has 0 radical (unpaired) electrons. The minimum Gasteiger partial charge on any atom is -0.175 e. The van der Waals surface area contributed by atoms with Gasteiger partial charge < -0.3 is 0 Å². The Morgan fingerprint density at radius 1 is 0.733 bits per heavy atom. The lowest BCUT2D eigenvalue weighted by Gasteiger charge is -2.40. The fraction of sp³-hybridized carbons (Fsp3) is 1.00. The Labute approximate surface area is 98.3 Å². The third-order valence-electron chi connectivity index (χ3n) is 3.61. The quantitative estimate of drug-likeness (QED) is 0.589. The maximum atomic E-state index is 4.55. The van der Waals surface area contributed by atoms with E-state index in [0.717, 1.165) is 0 Å². The van der Waals surface area contributed by atoms with E-state index >= 15 is 0 Å². The van der Waals surface area contributed by atoms with Crippen molar-refractivity contribution < 1.29 is 0 Å². The van der Waals surface area contributed by atoms with Crippen molar-refractivity contribution in [2.24, 2.45) is 21.1 Å². The monoisotopic (exact) mass is 228 g/mol. The number of rotatable bonds is 0. The summed E-state index contributed by atoms with van der Waals surface area (Å²) in [6.45, 7) is 17.8. The zero-order valence-corrected chi connectivity index (χ0v) is 12.1. The van der Waals surface area contributed by atoms with E-state index in [9.17, 15) is 0 Å². The predicted octanol–water partition coefficient (Wildman–Crippen LogP) is 4.71. The molecule has 15 heavy (non-hydrogen) atoms. The van der Waals surface area contributed by atoms with Crippen molar-refractivity contribution in [2.75, 3.05) is 0 Å². The van der Waals surface area contributed by atoms with Gasteiger partial charge in [-0.2, -0.15) is 10.2 Å². The van der Waals surface area contributed by atoms with Crippen LogP contribution in [0.25, 0.3) is 0 Å². The number of nitrogens with zero attached hydrogens (tertiary/aromatic N) is 2. The molecule has 1 aliphatic heterocycles. The van der Waals surface area contributed by atoms with Crippen molar-refractivity contribution in [1.82, 2.24) is 0 Å². The molecular formula is C12H24N2S. The zero-order valence-electron chi connectivity index (χ0n) is 11.3. The van der Waals surface area contributed by atoms with Gasteiger partial charge in [0.1, 0.15) is 9.74 Å². The SMILES string of the molecule is CC(C)(C)C1(C)N=NC(C)(C(C)(C)C)S1. The van der Waals surface area contributed by atoms with Gasteiger partial charge in [0.2, 0.25) is 0 Å². The van der Waals surface area contributed by atoms with Crippen LogP contribution in [-0.4, -0.2) is 9.74 Å². The Bertz CT molecular complexity index is 257. The maximum absolute atomic E-state index is 4.55. The standard InChI is InChI=1S/C12H24N2S/c1-9(2,3)11(7)13-14-12(8,15-11)10(4,5)6/h1-8H3. The number of thioether (sulfide) groups is 1. The third-order valence-corrected chi connectivity index (χ3v) is 5.80. The van der Waals surface area contributed by atoms with Gasteiger partial charge in [0, 0.05) is 0 Å². The maximum Gasteiger partial charge on any atom is 0.131 e. The van der Waals surface area contributed by atoms with Crippen molar-refractivity contribution in [3.63, 3.8) is 0 Å². The third kappa shape index (κ3) is 2.08. The minimum atomic E-state index is -0.102. The Balaban J connectivity index is 3.00. The smallest absolute Gasteiger partial charge is 0.131 e. The van der Waals surface area contributed by atoms with Gasteiger partial charge in [0.05, 0.1) is 0 Å². The Hall–Kier alpha value is -0.0500. The molecule has 3 heteroatoms. The molecule has 2 unspecified atom stereocenters. The fourth-order valence-electron chi connectivity index (χ4n) is 1.22. The highest BCUT2D eigenvalue weighted by atomic mass is 32.2. The van der Waals surface area contributed by atoms with Crippen LogP contribution in [0.5, 0.6) is 0 Å². The second-order valence-electron chi connectivity index (χ2n) is 6.77. The predicted molar refractivity (Wildman–Crippen MR) is 68.2 cm³/mol. The summed E-state index contributed by atoms with van der Waals surface area (Å²) in [7, 11) is 0. The summed E-state index contributed by atoms with van der Waals surface area (Å²) >= 11 is 1.90. The van der Waals surface area contributed by atoms with Crippen molar-refractivity contribution in [2.45, 2.75) is 65.1 Å². The van der Waals surface area contributed by atoms with Crippen molar-refractivity contribution in [1.29, 1.82) is 0 Å². The molecular weight excluding hydrogens is 204 g/mol. The van der Waals surface area contributed by atoms with Gasteiger partial charge in [0.25, 0.3) is 0 Å². The molecule has 0 amide bonds. The second kappa shape index (κ2) is 3.22. The van der Waals surface area contributed by atoms with E-state index in [1.165, 1.54) is 0 Å². The molecule has 0 saturated heterocycles. The van der Waals surface area contributed by atoms with Crippen molar-refractivity contribution >= 4 is 11.8 Å². The van der Waals surface area contributed by atoms with Crippen LogP contribution in [0.4, 0.5) is 0 Å². The first-order chi connectivity index (χ1) is 6.41. The summed E-state index contributed by atoms with van der Waals surface area (Å²) in [5.41, 5.74) is 0.286. The van der Waals surface area contributed by atoms with Crippen LogP contribution in [0.2, 0.25) is 0 Å².